The van der Waals surface area contributed by atoms with E-state index in [1.54, 1.807) is 18.5 Å². The first-order valence-corrected chi connectivity index (χ1v) is 10.7. The van der Waals surface area contributed by atoms with Crippen molar-refractivity contribution in [1.82, 2.24) is 25.2 Å². The number of hydrogen-bond acceptors (Lipinski definition) is 7. The van der Waals surface area contributed by atoms with E-state index in [0.717, 1.165) is 29.5 Å². The Morgan fingerprint density at radius 2 is 2.06 bits per heavy atom. The molecule has 8 heteroatoms. The Balaban J connectivity index is 1.25. The molecule has 1 atom stereocenters. The van der Waals surface area contributed by atoms with Crippen molar-refractivity contribution in [3.8, 4) is 22.7 Å². The molecule has 1 saturated heterocycles. The second-order valence-corrected chi connectivity index (χ2v) is 8.11. The van der Waals surface area contributed by atoms with Gasteiger partial charge < -0.3 is 13.9 Å². The van der Waals surface area contributed by atoms with E-state index >= 15 is 0 Å². The maximum Gasteiger partial charge on any atom is 0.276 e. The molecule has 4 heterocycles. The number of hydrogen-bond donors (Lipinski definition) is 0. The normalized spacial score (nSPS) is 16.3. The summed E-state index contributed by atoms with van der Waals surface area (Å²) in [7, 11) is 0. The van der Waals surface area contributed by atoms with Crippen molar-refractivity contribution in [2.45, 2.75) is 26.2 Å². The second kappa shape index (κ2) is 8.74. The number of nitrogens with zero attached hydrogens (tertiary/aromatic N) is 5. The molecule has 0 unspecified atom stereocenters. The Kier molecular flexibility index (Phi) is 5.49. The van der Waals surface area contributed by atoms with Crippen LogP contribution >= 0.6 is 0 Å². The summed E-state index contributed by atoms with van der Waals surface area (Å²) in [4.78, 5) is 23.5. The third kappa shape index (κ3) is 4.16. The zero-order valence-corrected chi connectivity index (χ0v) is 17.8. The molecular weight excluding hydrogens is 406 g/mol. The summed E-state index contributed by atoms with van der Waals surface area (Å²) in [5.41, 5.74) is 3.17. The van der Waals surface area contributed by atoms with E-state index in [4.69, 9.17) is 9.05 Å². The summed E-state index contributed by atoms with van der Waals surface area (Å²) >= 11 is 0. The minimum atomic E-state index is -0.125. The monoisotopic (exact) mass is 429 g/mol. The van der Waals surface area contributed by atoms with E-state index in [1.807, 2.05) is 48.2 Å². The summed E-state index contributed by atoms with van der Waals surface area (Å²) in [6.45, 7) is 3.35. The van der Waals surface area contributed by atoms with Gasteiger partial charge in [0.25, 0.3) is 5.91 Å². The zero-order chi connectivity index (χ0) is 21.9. The fourth-order valence-corrected chi connectivity index (χ4v) is 4.12. The highest BCUT2D eigenvalue weighted by Gasteiger charge is 2.28. The third-order valence-electron chi connectivity index (χ3n) is 5.80. The van der Waals surface area contributed by atoms with Crippen LogP contribution in [0, 0.1) is 12.8 Å². The van der Waals surface area contributed by atoms with Gasteiger partial charge in [-0.25, -0.2) is 0 Å². The van der Waals surface area contributed by atoms with E-state index in [0.29, 0.717) is 42.7 Å². The highest BCUT2D eigenvalue weighted by atomic mass is 16.5. The number of aryl methyl sites for hydroxylation is 1. The molecule has 1 aliphatic heterocycles. The lowest BCUT2D eigenvalue weighted by molar-refractivity contribution is 0.0658. The Bertz CT molecular complexity index is 1220. The van der Waals surface area contributed by atoms with Crippen molar-refractivity contribution < 1.29 is 13.8 Å². The number of pyridine rings is 1. The van der Waals surface area contributed by atoms with Crippen molar-refractivity contribution in [2.75, 3.05) is 13.1 Å². The first-order chi connectivity index (χ1) is 15.7. The van der Waals surface area contributed by atoms with Crippen molar-refractivity contribution in [3.05, 3.63) is 72.0 Å². The summed E-state index contributed by atoms with van der Waals surface area (Å²) in [5, 5.41) is 8.14. The van der Waals surface area contributed by atoms with Crippen LogP contribution in [0.2, 0.25) is 0 Å². The molecule has 1 aliphatic rings. The van der Waals surface area contributed by atoms with Gasteiger partial charge in [0.05, 0.1) is 0 Å². The maximum atomic E-state index is 13.0. The van der Waals surface area contributed by atoms with Crippen molar-refractivity contribution >= 4 is 5.91 Å². The lowest BCUT2D eigenvalue weighted by atomic mass is 9.94. The van der Waals surface area contributed by atoms with Gasteiger partial charge in [-0.05, 0) is 43.4 Å². The van der Waals surface area contributed by atoms with Gasteiger partial charge >= 0.3 is 0 Å². The summed E-state index contributed by atoms with van der Waals surface area (Å²) in [5.74, 6) is 1.86. The molecular formula is C24H23N5O3. The first-order valence-electron chi connectivity index (χ1n) is 10.7. The maximum absolute atomic E-state index is 13.0. The highest BCUT2D eigenvalue weighted by Crippen LogP contribution is 2.25. The van der Waals surface area contributed by atoms with Gasteiger partial charge in [-0.3, -0.25) is 9.78 Å². The molecule has 32 heavy (non-hydrogen) atoms. The smallest absolute Gasteiger partial charge is 0.276 e. The fraction of sp³-hybridized carbons (Fsp3) is 0.292. The lowest BCUT2D eigenvalue weighted by Crippen LogP contribution is -2.40. The quantitative estimate of drug-likeness (QED) is 0.469. The third-order valence-corrected chi connectivity index (χ3v) is 5.80. The predicted octanol–water partition coefficient (Wildman–Crippen LogP) is 4.19. The number of rotatable bonds is 5. The molecule has 0 radical (unpaired) electrons. The van der Waals surface area contributed by atoms with E-state index in [2.05, 4.69) is 20.3 Å². The van der Waals surface area contributed by atoms with E-state index in [-0.39, 0.29) is 11.8 Å². The molecule has 0 N–H and O–H groups in total. The molecule has 8 nitrogen and oxygen atoms in total. The fourth-order valence-electron chi connectivity index (χ4n) is 4.12. The average Bonchev–Trinajstić information content (AvgIpc) is 3.50. The molecule has 0 saturated carbocycles. The van der Waals surface area contributed by atoms with E-state index in [1.165, 1.54) is 0 Å². The molecule has 5 rings (SSSR count). The Morgan fingerprint density at radius 1 is 1.16 bits per heavy atom. The van der Waals surface area contributed by atoms with Gasteiger partial charge in [0, 0.05) is 49.1 Å². The van der Waals surface area contributed by atoms with Gasteiger partial charge in [-0.2, -0.15) is 4.98 Å². The van der Waals surface area contributed by atoms with Gasteiger partial charge in [-0.1, -0.05) is 34.6 Å². The summed E-state index contributed by atoms with van der Waals surface area (Å²) < 4.78 is 10.9. The summed E-state index contributed by atoms with van der Waals surface area (Å²) in [6, 6.07) is 13.3. The second-order valence-electron chi connectivity index (χ2n) is 8.11. The predicted molar refractivity (Wildman–Crippen MR) is 117 cm³/mol. The molecule has 0 aliphatic carbocycles. The van der Waals surface area contributed by atoms with Crippen LogP contribution in [-0.4, -0.2) is 44.2 Å². The number of amides is 1. The Labute approximate surface area is 185 Å². The van der Waals surface area contributed by atoms with Gasteiger partial charge in [0.15, 0.2) is 11.5 Å². The van der Waals surface area contributed by atoms with Gasteiger partial charge in [0.2, 0.25) is 11.7 Å². The van der Waals surface area contributed by atoms with Crippen LogP contribution in [-0.2, 0) is 6.42 Å². The molecule has 1 aromatic carbocycles. The standard InChI is InChI=1S/C24H23N5O3/c1-16-6-2-3-9-19(16)23-26-22(32-28-23)12-17-7-5-11-29(15-17)24(30)20-13-21(31-27-20)18-8-4-10-25-14-18/h2-4,6,8-10,13-14,17H,5,7,11-12,15H2,1H3/t17-/m0/s1. The molecule has 0 spiro atoms. The van der Waals surface area contributed by atoms with Crippen LogP contribution < -0.4 is 0 Å². The minimum absolute atomic E-state index is 0.125. The van der Waals surface area contributed by atoms with Crippen LogP contribution in [0.1, 0.15) is 34.8 Å². The van der Waals surface area contributed by atoms with Crippen molar-refractivity contribution in [1.29, 1.82) is 0 Å². The van der Waals surface area contributed by atoms with Crippen LogP contribution in [0.3, 0.4) is 0 Å². The molecule has 0 bridgehead atoms. The topological polar surface area (TPSA) is 98.2 Å². The van der Waals surface area contributed by atoms with Crippen molar-refractivity contribution in [3.63, 3.8) is 0 Å². The summed E-state index contributed by atoms with van der Waals surface area (Å²) in [6.07, 6.45) is 5.94. The number of carbonyl (C=O) groups is 1. The number of carbonyl (C=O) groups excluding carboxylic acids is 1. The van der Waals surface area contributed by atoms with Crippen molar-refractivity contribution in [2.24, 2.45) is 5.92 Å². The molecule has 1 amide bonds. The molecule has 162 valence electrons. The zero-order valence-electron chi connectivity index (χ0n) is 17.8. The largest absolute Gasteiger partial charge is 0.355 e. The molecule has 3 aromatic heterocycles. The average molecular weight is 429 g/mol. The first kappa shape index (κ1) is 20.1. The lowest BCUT2D eigenvalue weighted by Gasteiger charge is -2.31. The van der Waals surface area contributed by atoms with E-state index in [9.17, 15) is 4.79 Å². The van der Waals surface area contributed by atoms with Crippen LogP contribution in [0.5, 0.6) is 0 Å². The molecule has 1 fully saturated rings. The number of likely N-dealkylation sites (tertiary alicyclic amines) is 1. The van der Waals surface area contributed by atoms with Crippen LogP contribution in [0.15, 0.2) is 63.9 Å². The minimum Gasteiger partial charge on any atom is -0.355 e. The van der Waals surface area contributed by atoms with Crippen LogP contribution in [0.25, 0.3) is 22.7 Å². The van der Waals surface area contributed by atoms with Crippen LogP contribution in [0.4, 0.5) is 0 Å². The van der Waals surface area contributed by atoms with E-state index < -0.39 is 0 Å². The Morgan fingerprint density at radius 3 is 2.91 bits per heavy atom. The van der Waals surface area contributed by atoms with Gasteiger partial charge in [-0.15, -0.1) is 0 Å². The molecule has 4 aromatic rings. The number of aromatic nitrogens is 4. The Hall–Kier alpha value is -3.81. The SMILES string of the molecule is Cc1ccccc1-c1noc(C[C@@H]2CCCN(C(=O)c3cc(-c4cccnc4)on3)C2)n1. The number of benzene rings is 1. The highest BCUT2D eigenvalue weighted by molar-refractivity contribution is 5.93. The van der Waals surface area contributed by atoms with Gasteiger partial charge in [0.1, 0.15) is 0 Å². The number of piperidine rings is 1.